The lowest BCUT2D eigenvalue weighted by Gasteiger charge is -2.41. The summed E-state index contributed by atoms with van der Waals surface area (Å²) >= 11 is 0. The van der Waals surface area contributed by atoms with Crippen molar-refractivity contribution in [3.63, 3.8) is 0 Å². The average molecular weight is 282 g/mol. The largest absolute Gasteiger partial charge is 0.444 e. The number of nitrogens with zero attached hydrogens (tertiary/aromatic N) is 1. The maximum atomic E-state index is 12.2. The summed E-state index contributed by atoms with van der Waals surface area (Å²) in [5.74, 6) is 1.15. The Kier molecular flexibility index (Phi) is 4.95. The minimum atomic E-state index is -0.411. The second kappa shape index (κ2) is 6.33. The van der Waals surface area contributed by atoms with Crippen molar-refractivity contribution in [1.82, 2.24) is 4.90 Å². The van der Waals surface area contributed by atoms with E-state index in [-0.39, 0.29) is 6.09 Å². The third-order valence-corrected chi connectivity index (χ3v) is 4.59. The summed E-state index contributed by atoms with van der Waals surface area (Å²) in [6.07, 6.45) is 7.06. The second-order valence-electron chi connectivity index (χ2n) is 7.44. The van der Waals surface area contributed by atoms with E-state index in [1.165, 1.54) is 25.7 Å². The fourth-order valence-electron chi connectivity index (χ4n) is 3.63. The molecule has 4 nitrogen and oxygen atoms in total. The Balaban J connectivity index is 1.92. The summed E-state index contributed by atoms with van der Waals surface area (Å²) in [4.78, 5) is 14.1. The molecule has 1 aliphatic carbocycles. The van der Waals surface area contributed by atoms with Gasteiger partial charge in [0.25, 0.3) is 0 Å². The SMILES string of the molecule is CC(C)(C)OC(=O)N1CCC[C@H]([C@H]2CCCC[C@@H]2N)C1. The zero-order chi connectivity index (χ0) is 14.8. The Morgan fingerprint density at radius 1 is 1.15 bits per heavy atom. The normalized spacial score (nSPS) is 32.0. The predicted molar refractivity (Wildman–Crippen MR) is 80.5 cm³/mol. The molecule has 0 bridgehead atoms. The lowest BCUT2D eigenvalue weighted by Crippen LogP contribution is -2.48. The molecule has 2 aliphatic rings. The van der Waals surface area contributed by atoms with Crippen LogP contribution in [0.2, 0.25) is 0 Å². The van der Waals surface area contributed by atoms with Crippen LogP contribution in [0.3, 0.4) is 0 Å². The fraction of sp³-hybridized carbons (Fsp3) is 0.938. The number of hydrogen-bond donors (Lipinski definition) is 1. The third-order valence-electron chi connectivity index (χ3n) is 4.59. The molecule has 0 aromatic rings. The Morgan fingerprint density at radius 2 is 1.85 bits per heavy atom. The van der Waals surface area contributed by atoms with Crippen LogP contribution in [0.15, 0.2) is 0 Å². The smallest absolute Gasteiger partial charge is 0.410 e. The van der Waals surface area contributed by atoms with E-state index in [0.717, 1.165) is 25.9 Å². The van der Waals surface area contributed by atoms with Gasteiger partial charge in [0.05, 0.1) is 0 Å². The predicted octanol–water partition coefficient (Wildman–Crippen LogP) is 3.15. The standard InChI is InChI=1S/C16H30N2O2/c1-16(2,3)20-15(19)18-10-6-7-12(11-18)13-8-4-5-9-14(13)17/h12-14H,4-11,17H2,1-3H3/t12-,13+,14-/m0/s1. The van der Waals surface area contributed by atoms with E-state index in [2.05, 4.69) is 0 Å². The Labute approximate surface area is 123 Å². The molecule has 3 atom stereocenters. The zero-order valence-corrected chi connectivity index (χ0v) is 13.2. The number of likely N-dealkylation sites (tertiary alicyclic amines) is 1. The van der Waals surface area contributed by atoms with Crippen molar-refractivity contribution < 1.29 is 9.53 Å². The number of nitrogens with two attached hydrogens (primary N) is 1. The van der Waals surface area contributed by atoms with E-state index in [4.69, 9.17) is 10.5 Å². The maximum absolute atomic E-state index is 12.2. The van der Waals surface area contributed by atoms with Gasteiger partial charge in [0.2, 0.25) is 0 Å². The molecule has 116 valence electrons. The van der Waals surface area contributed by atoms with E-state index < -0.39 is 5.60 Å². The molecule has 0 aromatic carbocycles. The third kappa shape index (κ3) is 4.11. The fourth-order valence-corrected chi connectivity index (χ4v) is 3.63. The molecular weight excluding hydrogens is 252 g/mol. The molecule has 1 heterocycles. The van der Waals surface area contributed by atoms with Crippen LogP contribution in [0.1, 0.15) is 59.3 Å². The molecule has 0 aromatic heterocycles. The van der Waals surface area contributed by atoms with Crippen LogP contribution in [-0.4, -0.2) is 35.7 Å². The van der Waals surface area contributed by atoms with Crippen LogP contribution < -0.4 is 5.73 Å². The van der Waals surface area contributed by atoms with Gasteiger partial charge in [-0.1, -0.05) is 12.8 Å². The monoisotopic (exact) mass is 282 g/mol. The van der Waals surface area contributed by atoms with Crippen LogP contribution in [0, 0.1) is 11.8 Å². The molecule has 2 rings (SSSR count). The molecule has 0 spiro atoms. The summed E-state index contributed by atoms with van der Waals surface area (Å²) in [5.41, 5.74) is 5.89. The van der Waals surface area contributed by atoms with Gasteiger partial charge in [-0.25, -0.2) is 4.79 Å². The van der Waals surface area contributed by atoms with Crippen molar-refractivity contribution in [2.24, 2.45) is 17.6 Å². The average Bonchev–Trinajstić information content (AvgIpc) is 2.37. The molecule has 1 saturated heterocycles. The Bertz CT molecular complexity index is 338. The molecule has 1 saturated carbocycles. The maximum Gasteiger partial charge on any atom is 0.410 e. The van der Waals surface area contributed by atoms with Gasteiger partial charge < -0.3 is 15.4 Å². The first-order chi connectivity index (χ1) is 9.37. The van der Waals surface area contributed by atoms with Gasteiger partial charge in [-0.2, -0.15) is 0 Å². The number of carbonyl (C=O) groups excluding carboxylic acids is 1. The highest BCUT2D eigenvalue weighted by Crippen LogP contribution is 2.34. The van der Waals surface area contributed by atoms with Gasteiger partial charge >= 0.3 is 6.09 Å². The topological polar surface area (TPSA) is 55.6 Å². The molecule has 1 aliphatic heterocycles. The van der Waals surface area contributed by atoms with Crippen molar-refractivity contribution in [2.45, 2.75) is 70.9 Å². The van der Waals surface area contributed by atoms with Crippen molar-refractivity contribution in [3.8, 4) is 0 Å². The van der Waals surface area contributed by atoms with Gasteiger partial charge in [0.1, 0.15) is 5.60 Å². The van der Waals surface area contributed by atoms with E-state index in [0.29, 0.717) is 17.9 Å². The summed E-state index contributed by atoms with van der Waals surface area (Å²) < 4.78 is 5.50. The molecule has 0 radical (unpaired) electrons. The minimum absolute atomic E-state index is 0.161. The van der Waals surface area contributed by atoms with E-state index in [9.17, 15) is 4.79 Å². The lowest BCUT2D eigenvalue weighted by molar-refractivity contribution is 0.0103. The highest BCUT2D eigenvalue weighted by Gasteiger charge is 2.35. The Morgan fingerprint density at radius 3 is 2.50 bits per heavy atom. The van der Waals surface area contributed by atoms with E-state index in [1.807, 2.05) is 25.7 Å². The van der Waals surface area contributed by atoms with Gasteiger partial charge in [-0.15, -0.1) is 0 Å². The van der Waals surface area contributed by atoms with Gasteiger partial charge in [0.15, 0.2) is 0 Å². The van der Waals surface area contributed by atoms with Crippen LogP contribution >= 0.6 is 0 Å². The quantitative estimate of drug-likeness (QED) is 0.803. The number of rotatable bonds is 1. The molecular formula is C16H30N2O2. The van der Waals surface area contributed by atoms with Gasteiger partial charge in [-0.3, -0.25) is 0 Å². The first-order valence-corrected chi connectivity index (χ1v) is 8.10. The number of amides is 1. The van der Waals surface area contributed by atoms with Crippen LogP contribution in [-0.2, 0) is 4.74 Å². The van der Waals surface area contributed by atoms with E-state index >= 15 is 0 Å². The minimum Gasteiger partial charge on any atom is -0.444 e. The molecule has 1 amide bonds. The summed E-state index contributed by atoms with van der Waals surface area (Å²) in [6.45, 7) is 7.41. The summed E-state index contributed by atoms with van der Waals surface area (Å²) in [5, 5.41) is 0. The highest BCUT2D eigenvalue weighted by molar-refractivity contribution is 5.68. The number of piperidine rings is 1. The van der Waals surface area contributed by atoms with Crippen molar-refractivity contribution in [3.05, 3.63) is 0 Å². The first kappa shape index (κ1) is 15.6. The Hall–Kier alpha value is -0.770. The van der Waals surface area contributed by atoms with Gasteiger partial charge in [0, 0.05) is 19.1 Å². The van der Waals surface area contributed by atoms with Gasteiger partial charge in [-0.05, 0) is 58.3 Å². The van der Waals surface area contributed by atoms with Crippen molar-refractivity contribution in [1.29, 1.82) is 0 Å². The second-order valence-corrected chi connectivity index (χ2v) is 7.44. The summed E-state index contributed by atoms with van der Waals surface area (Å²) in [6, 6.07) is 0.326. The van der Waals surface area contributed by atoms with Crippen LogP contribution in [0.25, 0.3) is 0 Å². The highest BCUT2D eigenvalue weighted by atomic mass is 16.6. The number of hydrogen-bond acceptors (Lipinski definition) is 3. The lowest BCUT2D eigenvalue weighted by atomic mass is 9.74. The van der Waals surface area contributed by atoms with Crippen LogP contribution in [0.5, 0.6) is 0 Å². The van der Waals surface area contributed by atoms with Crippen molar-refractivity contribution in [2.75, 3.05) is 13.1 Å². The molecule has 0 unspecified atom stereocenters. The number of ether oxygens (including phenoxy) is 1. The zero-order valence-electron chi connectivity index (χ0n) is 13.2. The molecule has 2 N–H and O–H groups in total. The molecule has 2 fully saturated rings. The summed E-state index contributed by atoms with van der Waals surface area (Å²) in [7, 11) is 0. The first-order valence-electron chi connectivity index (χ1n) is 8.10. The van der Waals surface area contributed by atoms with Crippen molar-refractivity contribution >= 4 is 6.09 Å². The molecule has 4 heteroatoms. The number of carbonyl (C=O) groups is 1. The van der Waals surface area contributed by atoms with E-state index in [1.54, 1.807) is 0 Å². The van der Waals surface area contributed by atoms with Crippen LogP contribution in [0.4, 0.5) is 4.79 Å². The molecule has 20 heavy (non-hydrogen) atoms.